The van der Waals surface area contributed by atoms with E-state index in [0.29, 0.717) is 4.67 Å². The van der Waals surface area contributed by atoms with E-state index in [9.17, 15) is 0 Å². The maximum Gasteiger partial charge on any atom is 0.169 e. The number of hydrogen-bond acceptors (Lipinski definition) is 2. The minimum atomic E-state index is -0.286. The molecule has 0 aromatic carbocycles. The predicted octanol–water partition coefficient (Wildman–Crippen LogP) is 2.60. The molecule has 0 atom stereocenters. The maximum absolute atomic E-state index is 8.79. The van der Waals surface area contributed by atoms with Crippen molar-refractivity contribution in [2.24, 2.45) is 0 Å². The minimum absolute atomic E-state index is 0.286. The molecule has 11 heavy (non-hydrogen) atoms. The number of halogens is 1. The second kappa shape index (κ2) is 2.12. The molecule has 1 saturated carbocycles. The summed E-state index contributed by atoms with van der Waals surface area (Å²) in [6.07, 6.45) is 1.87. The average molecular weight is 212 g/mol. The lowest BCUT2D eigenvalue weighted by atomic mass is 10.1. The highest BCUT2D eigenvalue weighted by atomic mass is 79.9. The van der Waals surface area contributed by atoms with Crippen molar-refractivity contribution < 1.29 is 4.42 Å². The summed E-state index contributed by atoms with van der Waals surface area (Å²) >= 11 is 3.21. The summed E-state index contributed by atoms with van der Waals surface area (Å²) in [6, 6.07) is 5.96. The Bertz CT molecular complexity index is 319. The molecule has 2 rings (SSSR count). The highest BCUT2D eigenvalue weighted by Gasteiger charge is 2.47. The Balaban J connectivity index is 2.38. The van der Waals surface area contributed by atoms with Crippen LogP contribution < -0.4 is 0 Å². The van der Waals surface area contributed by atoms with E-state index in [-0.39, 0.29) is 5.41 Å². The third-order valence-corrected chi connectivity index (χ3v) is 2.44. The first-order valence-corrected chi connectivity index (χ1v) is 4.23. The summed E-state index contributed by atoms with van der Waals surface area (Å²) < 4.78 is 6.00. The van der Waals surface area contributed by atoms with Crippen molar-refractivity contribution in [3.8, 4) is 6.07 Å². The van der Waals surface area contributed by atoms with E-state index in [2.05, 4.69) is 22.0 Å². The molecule has 0 bridgehead atoms. The molecule has 0 aliphatic heterocycles. The zero-order chi connectivity index (χ0) is 7.90. The van der Waals surface area contributed by atoms with Crippen LogP contribution in [0.4, 0.5) is 0 Å². The molecule has 1 aliphatic rings. The first kappa shape index (κ1) is 6.93. The van der Waals surface area contributed by atoms with Crippen LogP contribution in [0.15, 0.2) is 21.2 Å². The van der Waals surface area contributed by atoms with E-state index in [0.717, 1.165) is 18.6 Å². The monoisotopic (exact) mass is 211 g/mol. The standard InChI is InChI=1S/C8H6BrNO/c9-7-2-1-6(11-7)8(5-10)3-4-8/h1-2H,3-4H2. The lowest BCUT2D eigenvalue weighted by Gasteiger charge is -1.97. The van der Waals surface area contributed by atoms with Crippen molar-refractivity contribution in [3.05, 3.63) is 22.6 Å². The van der Waals surface area contributed by atoms with Gasteiger partial charge in [-0.3, -0.25) is 0 Å². The molecule has 0 amide bonds. The summed E-state index contributed by atoms with van der Waals surface area (Å²) in [5.41, 5.74) is -0.286. The molecule has 0 N–H and O–H groups in total. The average Bonchev–Trinajstić information content (AvgIpc) is 2.70. The van der Waals surface area contributed by atoms with E-state index in [1.807, 2.05) is 12.1 Å². The van der Waals surface area contributed by atoms with Gasteiger partial charge in [0, 0.05) is 0 Å². The molecule has 56 valence electrons. The molecular weight excluding hydrogens is 206 g/mol. The highest BCUT2D eigenvalue weighted by Crippen LogP contribution is 2.48. The van der Waals surface area contributed by atoms with Gasteiger partial charge in [-0.2, -0.15) is 5.26 Å². The number of nitriles is 1. The molecule has 1 heterocycles. The first-order chi connectivity index (χ1) is 5.27. The van der Waals surface area contributed by atoms with Crippen LogP contribution in [0.2, 0.25) is 0 Å². The molecule has 1 aromatic heterocycles. The van der Waals surface area contributed by atoms with Crippen LogP contribution in [0.3, 0.4) is 0 Å². The van der Waals surface area contributed by atoms with Crippen LogP contribution in [0.5, 0.6) is 0 Å². The van der Waals surface area contributed by atoms with Crippen LogP contribution >= 0.6 is 15.9 Å². The number of furan rings is 1. The van der Waals surface area contributed by atoms with Crippen LogP contribution in [0.1, 0.15) is 18.6 Å². The van der Waals surface area contributed by atoms with E-state index in [4.69, 9.17) is 9.68 Å². The van der Waals surface area contributed by atoms with E-state index >= 15 is 0 Å². The highest BCUT2D eigenvalue weighted by molar-refractivity contribution is 9.10. The SMILES string of the molecule is N#CC1(c2ccc(Br)o2)CC1. The zero-order valence-electron chi connectivity index (χ0n) is 5.80. The fraction of sp³-hybridized carbons (Fsp3) is 0.375. The zero-order valence-corrected chi connectivity index (χ0v) is 7.39. The van der Waals surface area contributed by atoms with Gasteiger partial charge >= 0.3 is 0 Å². The Morgan fingerprint density at radius 3 is 2.64 bits per heavy atom. The summed E-state index contributed by atoms with van der Waals surface area (Å²) in [5, 5.41) is 8.79. The summed E-state index contributed by atoms with van der Waals surface area (Å²) in [6.45, 7) is 0. The maximum atomic E-state index is 8.79. The third kappa shape index (κ3) is 0.982. The van der Waals surface area contributed by atoms with Gasteiger partial charge in [-0.15, -0.1) is 0 Å². The van der Waals surface area contributed by atoms with Crippen molar-refractivity contribution in [1.82, 2.24) is 0 Å². The van der Waals surface area contributed by atoms with Gasteiger partial charge in [0.25, 0.3) is 0 Å². The largest absolute Gasteiger partial charge is 0.453 e. The quantitative estimate of drug-likeness (QED) is 0.717. The number of hydrogen-bond donors (Lipinski definition) is 0. The fourth-order valence-electron chi connectivity index (χ4n) is 1.11. The van der Waals surface area contributed by atoms with Gasteiger partial charge in [0.05, 0.1) is 6.07 Å². The van der Waals surface area contributed by atoms with Gasteiger partial charge in [0.15, 0.2) is 4.67 Å². The molecule has 1 aliphatic carbocycles. The summed E-state index contributed by atoms with van der Waals surface area (Å²) in [4.78, 5) is 0. The van der Waals surface area contributed by atoms with Crippen molar-refractivity contribution >= 4 is 15.9 Å². The van der Waals surface area contributed by atoms with Gasteiger partial charge in [-0.1, -0.05) is 0 Å². The first-order valence-electron chi connectivity index (χ1n) is 3.44. The van der Waals surface area contributed by atoms with Crippen LogP contribution in [-0.2, 0) is 5.41 Å². The van der Waals surface area contributed by atoms with E-state index in [1.54, 1.807) is 0 Å². The minimum Gasteiger partial charge on any atom is -0.453 e. The van der Waals surface area contributed by atoms with Gasteiger partial charge in [-0.05, 0) is 40.9 Å². The molecule has 1 fully saturated rings. The molecule has 0 spiro atoms. The Morgan fingerprint density at radius 2 is 2.27 bits per heavy atom. The molecule has 2 nitrogen and oxygen atoms in total. The number of rotatable bonds is 1. The third-order valence-electron chi connectivity index (χ3n) is 2.01. The van der Waals surface area contributed by atoms with Gasteiger partial charge in [0.1, 0.15) is 11.2 Å². The van der Waals surface area contributed by atoms with Crippen molar-refractivity contribution in [3.63, 3.8) is 0 Å². The van der Waals surface area contributed by atoms with Crippen LogP contribution in [0, 0.1) is 11.3 Å². The Kier molecular flexibility index (Phi) is 1.33. The second-order valence-corrected chi connectivity index (χ2v) is 3.58. The van der Waals surface area contributed by atoms with Crippen LogP contribution in [0.25, 0.3) is 0 Å². The lowest BCUT2D eigenvalue weighted by molar-refractivity contribution is 0.467. The molecule has 0 radical (unpaired) electrons. The summed E-state index contributed by atoms with van der Waals surface area (Å²) in [5.74, 6) is 0.798. The van der Waals surface area contributed by atoms with Gasteiger partial charge in [-0.25, -0.2) is 0 Å². The molecule has 1 aromatic rings. The topological polar surface area (TPSA) is 36.9 Å². The van der Waals surface area contributed by atoms with E-state index < -0.39 is 0 Å². The Morgan fingerprint density at radius 1 is 1.55 bits per heavy atom. The predicted molar refractivity (Wildman–Crippen MR) is 42.9 cm³/mol. The molecule has 0 unspecified atom stereocenters. The molecule has 0 saturated heterocycles. The van der Waals surface area contributed by atoms with Crippen molar-refractivity contribution in [2.75, 3.05) is 0 Å². The van der Waals surface area contributed by atoms with Crippen molar-refractivity contribution in [2.45, 2.75) is 18.3 Å². The number of nitrogens with zero attached hydrogens (tertiary/aromatic N) is 1. The van der Waals surface area contributed by atoms with Crippen molar-refractivity contribution in [1.29, 1.82) is 5.26 Å². The molecular formula is C8H6BrNO. The van der Waals surface area contributed by atoms with Gasteiger partial charge in [0.2, 0.25) is 0 Å². The molecule has 3 heteroatoms. The normalized spacial score (nSPS) is 19.3. The van der Waals surface area contributed by atoms with Crippen LogP contribution in [-0.4, -0.2) is 0 Å². The second-order valence-electron chi connectivity index (χ2n) is 2.80. The Labute approximate surface area is 72.9 Å². The fourth-order valence-corrected chi connectivity index (χ4v) is 1.42. The van der Waals surface area contributed by atoms with E-state index in [1.165, 1.54) is 0 Å². The Hall–Kier alpha value is -0.750. The lowest BCUT2D eigenvalue weighted by Crippen LogP contribution is -1.99. The van der Waals surface area contributed by atoms with Gasteiger partial charge < -0.3 is 4.42 Å². The summed E-state index contributed by atoms with van der Waals surface area (Å²) in [7, 11) is 0. The smallest absolute Gasteiger partial charge is 0.169 e.